The summed E-state index contributed by atoms with van der Waals surface area (Å²) in [5.74, 6) is -1.71. The van der Waals surface area contributed by atoms with Crippen LogP contribution in [0.1, 0.15) is 16.8 Å². The van der Waals surface area contributed by atoms with Crippen LogP contribution in [0.25, 0.3) is 0 Å². The summed E-state index contributed by atoms with van der Waals surface area (Å²) < 4.78 is 0.803. The van der Waals surface area contributed by atoms with Gasteiger partial charge in [-0.15, -0.1) is 0 Å². The lowest BCUT2D eigenvalue weighted by Crippen LogP contribution is -2.48. The topological polar surface area (TPSA) is 122 Å². The number of para-hydroxylation sites is 1. The first-order valence-electron chi connectivity index (χ1n) is 7.80. The second-order valence-corrected chi connectivity index (χ2v) is 6.59. The van der Waals surface area contributed by atoms with Crippen LogP contribution in [0.15, 0.2) is 53.0 Å². The second kappa shape index (κ2) is 7.64. The lowest BCUT2D eigenvalue weighted by Gasteiger charge is -2.16. The standard InChI is InChI=1S/C17H13BrN4O5/c18-10-5-7-11(8-6-10)21-15(23)9-13(17(21)25)19-20-16(24)12-3-1-2-4-14(12)22(26)27/h1-8,13,19H,9H2,(H,20,24)/t13-/m1/s1. The largest absolute Gasteiger partial charge is 0.286 e. The van der Waals surface area contributed by atoms with E-state index in [-0.39, 0.29) is 17.7 Å². The average molecular weight is 433 g/mol. The van der Waals surface area contributed by atoms with Gasteiger partial charge in [0.25, 0.3) is 17.5 Å². The van der Waals surface area contributed by atoms with Crippen molar-refractivity contribution in [2.45, 2.75) is 12.5 Å². The van der Waals surface area contributed by atoms with Crippen molar-refractivity contribution in [2.24, 2.45) is 0 Å². The number of nitro benzene ring substituents is 1. The highest BCUT2D eigenvalue weighted by Gasteiger charge is 2.39. The Morgan fingerprint density at radius 1 is 1.15 bits per heavy atom. The van der Waals surface area contributed by atoms with E-state index in [1.54, 1.807) is 24.3 Å². The number of nitrogens with one attached hydrogen (secondary N) is 2. The molecule has 1 aliphatic heterocycles. The molecule has 2 N–H and O–H groups in total. The van der Waals surface area contributed by atoms with E-state index in [1.807, 2.05) is 0 Å². The number of halogens is 1. The molecule has 0 radical (unpaired) electrons. The van der Waals surface area contributed by atoms with E-state index in [4.69, 9.17) is 0 Å². The van der Waals surface area contributed by atoms with Gasteiger partial charge in [0, 0.05) is 10.5 Å². The van der Waals surface area contributed by atoms with E-state index in [1.165, 1.54) is 24.3 Å². The predicted molar refractivity (Wildman–Crippen MR) is 98.7 cm³/mol. The van der Waals surface area contributed by atoms with Gasteiger partial charge in [0.15, 0.2) is 0 Å². The zero-order valence-electron chi connectivity index (χ0n) is 13.7. The van der Waals surface area contributed by atoms with Crippen LogP contribution in [0, 0.1) is 10.1 Å². The molecule has 1 heterocycles. The number of carbonyl (C=O) groups is 3. The summed E-state index contributed by atoms with van der Waals surface area (Å²) in [6, 6.07) is 11.1. The first-order chi connectivity index (χ1) is 12.9. The summed E-state index contributed by atoms with van der Waals surface area (Å²) in [5.41, 5.74) is 4.67. The number of carbonyl (C=O) groups excluding carboxylic acids is 3. The fraction of sp³-hybridized carbons (Fsp3) is 0.118. The minimum absolute atomic E-state index is 0.147. The van der Waals surface area contributed by atoms with Crippen LogP contribution in [-0.4, -0.2) is 28.7 Å². The quantitative estimate of drug-likeness (QED) is 0.422. The molecule has 0 aromatic heterocycles. The maximum Gasteiger partial charge on any atom is 0.282 e. The van der Waals surface area contributed by atoms with Crippen molar-refractivity contribution in [3.8, 4) is 0 Å². The molecule has 138 valence electrons. The van der Waals surface area contributed by atoms with E-state index in [0.717, 1.165) is 9.37 Å². The zero-order valence-corrected chi connectivity index (χ0v) is 15.3. The van der Waals surface area contributed by atoms with Gasteiger partial charge in [-0.3, -0.25) is 29.9 Å². The van der Waals surface area contributed by atoms with Crippen LogP contribution in [0.5, 0.6) is 0 Å². The van der Waals surface area contributed by atoms with Crippen LogP contribution < -0.4 is 15.8 Å². The monoisotopic (exact) mass is 432 g/mol. The lowest BCUT2D eigenvalue weighted by molar-refractivity contribution is -0.385. The van der Waals surface area contributed by atoms with E-state index < -0.39 is 28.7 Å². The third-order valence-electron chi connectivity index (χ3n) is 3.94. The van der Waals surface area contributed by atoms with Crippen LogP contribution in [0.4, 0.5) is 11.4 Å². The summed E-state index contributed by atoms with van der Waals surface area (Å²) in [5, 5.41) is 11.0. The first kappa shape index (κ1) is 18.7. The Morgan fingerprint density at radius 2 is 1.81 bits per heavy atom. The maximum absolute atomic E-state index is 12.5. The number of amides is 3. The van der Waals surface area contributed by atoms with Gasteiger partial charge in [-0.2, -0.15) is 0 Å². The lowest BCUT2D eigenvalue weighted by atomic mass is 10.2. The van der Waals surface area contributed by atoms with Gasteiger partial charge in [-0.05, 0) is 30.3 Å². The highest BCUT2D eigenvalue weighted by Crippen LogP contribution is 2.24. The molecule has 1 atom stereocenters. The van der Waals surface area contributed by atoms with Crippen molar-refractivity contribution < 1.29 is 19.3 Å². The molecule has 0 spiro atoms. The summed E-state index contributed by atoms with van der Waals surface area (Å²) >= 11 is 3.28. The molecule has 1 aliphatic rings. The molecule has 2 aromatic carbocycles. The van der Waals surface area contributed by atoms with E-state index in [9.17, 15) is 24.5 Å². The van der Waals surface area contributed by atoms with Crippen molar-refractivity contribution in [2.75, 3.05) is 4.90 Å². The molecule has 10 heteroatoms. The molecule has 9 nitrogen and oxygen atoms in total. The van der Waals surface area contributed by atoms with Crippen molar-refractivity contribution in [1.29, 1.82) is 0 Å². The van der Waals surface area contributed by atoms with Gasteiger partial charge in [0.2, 0.25) is 5.91 Å². The number of imide groups is 1. The van der Waals surface area contributed by atoms with Crippen molar-refractivity contribution >= 4 is 45.0 Å². The first-order valence-corrected chi connectivity index (χ1v) is 8.59. The summed E-state index contributed by atoms with van der Waals surface area (Å²) in [4.78, 5) is 48.3. The molecule has 0 unspecified atom stereocenters. The Balaban J connectivity index is 1.70. The third-order valence-corrected chi connectivity index (χ3v) is 4.47. The van der Waals surface area contributed by atoms with E-state index in [2.05, 4.69) is 26.8 Å². The number of nitrogens with zero attached hydrogens (tertiary/aromatic N) is 2. The Morgan fingerprint density at radius 3 is 2.48 bits per heavy atom. The molecule has 1 fully saturated rings. The summed E-state index contributed by atoms with van der Waals surface area (Å²) in [7, 11) is 0. The van der Waals surface area contributed by atoms with Gasteiger partial charge in [-0.1, -0.05) is 28.1 Å². The smallest absolute Gasteiger partial charge is 0.282 e. The predicted octanol–water partition coefficient (Wildman–Crippen LogP) is 1.92. The number of hydrazine groups is 1. The molecule has 2 aromatic rings. The SMILES string of the molecule is O=C(NN[C@@H]1CC(=O)N(c2ccc(Br)cc2)C1=O)c1ccccc1[N+](=O)[O-]. The van der Waals surface area contributed by atoms with E-state index in [0.29, 0.717) is 5.69 Å². The molecule has 0 aliphatic carbocycles. The molecule has 0 saturated carbocycles. The van der Waals surface area contributed by atoms with Crippen LogP contribution in [0.2, 0.25) is 0 Å². The minimum atomic E-state index is -0.965. The molecule has 3 amide bonds. The van der Waals surface area contributed by atoms with Gasteiger partial charge in [0.1, 0.15) is 11.6 Å². The highest BCUT2D eigenvalue weighted by atomic mass is 79.9. The highest BCUT2D eigenvalue weighted by molar-refractivity contribution is 9.10. The van der Waals surface area contributed by atoms with E-state index >= 15 is 0 Å². The average Bonchev–Trinajstić information content (AvgIpc) is 2.94. The molecule has 3 rings (SSSR count). The van der Waals surface area contributed by atoms with Gasteiger partial charge >= 0.3 is 0 Å². The number of anilines is 1. The minimum Gasteiger partial charge on any atom is -0.286 e. The fourth-order valence-corrected chi connectivity index (χ4v) is 2.92. The van der Waals surface area contributed by atoms with Crippen molar-refractivity contribution in [3.05, 3.63) is 68.7 Å². The molecule has 27 heavy (non-hydrogen) atoms. The van der Waals surface area contributed by atoms with Crippen LogP contribution in [0.3, 0.4) is 0 Å². The Labute approximate surface area is 161 Å². The van der Waals surface area contributed by atoms with Crippen LogP contribution >= 0.6 is 15.9 Å². The number of hydrogen-bond donors (Lipinski definition) is 2. The van der Waals surface area contributed by atoms with Crippen molar-refractivity contribution in [1.82, 2.24) is 10.9 Å². The number of benzene rings is 2. The fourth-order valence-electron chi connectivity index (χ4n) is 2.65. The van der Waals surface area contributed by atoms with Crippen LogP contribution in [-0.2, 0) is 9.59 Å². The molecular weight excluding hydrogens is 420 g/mol. The summed E-state index contributed by atoms with van der Waals surface area (Å²) in [6.45, 7) is 0. The molecular formula is C17H13BrN4O5. The maximum atomic E-state index is 12.5. The van der Waals surface area contributed by atoms with Crippen molar-refractivity contribution in [3.63, 3.8) is 0 Å². The summed E-state index contributed by atoms with van der Waals surface area (Å²) in [6.07, 6.45) is -0.147. The zero-order chi connectivity index (χ0) is 19.6. The number of hydrogen-bond acceptors (Lipinski definition) is 6. The Bertz CT molecular complexity index is 931. The normalized spacial score (nSPS) is 16.5. The molecule has 0 bridgehead atoms. The Hall–Kier alpha value is -3.11. The van der Waals surface area contributed by atoms with Gasteiger partial charge in [-0.25, -0.2) is 10.3 Å². The van der Waals surface area contributed by atoms with Gasteiger partial charge < -0.3 is 0 Å². The molecule has 1 saturated heterocycles. The van der Waals surface area contributed by atoms with Gasteiger partial charge in [0.05, 0.1) is 17.0 Å². The Kier molecular flexibility index (Phi) is 5.28. The second-order valence-electron chi connectivity index (χ2n) is 5.67. The third kappa shape index (κ3) is 3.86. The number of nitro groups is 1. The number of rotatable bonds is 5.